The summed E-state index contributed by atoms with van der Waals surface area (Å²) in [6, 6.07) is 9.32. The van der Waals surface area contributed by atoms with Crippen LogP contribution in [0.3, 0.4) is 0 Å². The van der Waals surface area contributed by atoms with E-state index < -0.39 is 5.60 Å². The summed E-state index contributed by atoms with van der Waals surface area (Å²) in [7, 11) is 0. The van der Waals surface area contributed by atoms with Crippen LogP contribution in [0.5, 0.6) is 11.5 Å². The van der Waals surface area contributed by atoms with Gasteiger partial charge in [-0.2, -0.15) is 0 Å². The number of carbonyl (C=O) groups is 1. The van der Waals surface area contributed by atoms with Gasteiger partial charge in [-0.05, 0) is 26.0 Å². The van der Waals surface area contributed by atoms with Crippen molar-refractivity contribution in [3.63, 3.8) is 0 Å². The highest BCUT2D eigenvalue weighted by molar-refractivity contribution is 5.86. The Morgan fingerprint density at radius 3 is 2.74 bits per heavy atom. The number of aromatic nitrogens is 1. The smallest absolute Gasteiger partial charge is 0.270 e. The molecular weight excluding hydrogens is 296 g/mol. The second kappa shape index (κ2) is 5.01. The topological polar surface area (TPSA) is 64.8 Å². The molecule has 1 aromatic carbocycles. The predicted octanol–water partition coefficient (Wildman–Crippen LogP) is 2.14. The number of hydrogen-bond donors (Lipinski definition) is 0. The Hall–Kier alpha value is -2.50. The van der Waals surface area contributed by atoms with Gasteiger partial charge >= 0.3 is 0 Å². The Morgan fingerprint density at radius 1 is 1.30 bits per heavy atom. The summed E-state index contributed by atoms with van der Waals surface area (Å²) >= 11 is 0. The number of hydrogen-bond acceptors (Lipinski definition) is 5. The van der Waals surface area contributed by atoms with E-state index in [1.165, 1.54) is 0 Å². The molecule has 1 saturated heterocycles. The first-order valence-electron chi connectivity index (χ1n) is 7.68. The Labute approximate surface area is 134 Å². The lowest BCUT2D eigenvalue weighted by atomic mass is 9.93. The van der Waals surface area contributed by atoms with E-state index in [1.807, 2.05) is 37.3 Å². The first kappa shape index (κ1) is 14.1. The number of carbonyl (C=O) groups excluding carboxylic acids is 1. The van der Waals surface area contributed by atoms with E-state index >= 15 is 0 Å². The molecule has 2 aliphatic heterocycles. The Kier molecular flexibility index (Phi) is 3.07. The van der Waals surface area contributed by atoms with Crippen molar-refractivity contribution in [1.29, 1.82) is 0 Å². The second-order valence-electron chi connectivity index (χ2n) is 6.34. The average Bonchev–Trinajstić information content (AvgIpc) is 2.91. The zero-order valence-corrected chi connectivity index (χ0v) is 13.1. The van der Waals surface area contributed by atoms with Gasteiger partial charge in [0, 0.05) is 25.1 Å². The van der Waals surface area contributed by atoms with Crippen LogP contribution in [-0.4, -0.2) is 41.3 Å². The molecule has 0 bridgehead atoms. The van der Waals surface area contributed by atoms with E-state index in [0.717, 1.165) is 11.5 Å². The molecule has 2 aromatic rings. The van der Waals surface area contributed by atoms with E-state index in [-0.39, 0.29) is 18.4 Å². The molecule has 6 heteroatoms. The third-order valence-corrected chi connectivity index (χ3v) is 4.37. The van der Waals surface area contributed by atoms with Crippen molar-refractivity contribution in [2.75, 3.05) is 19.7 Å². The Balaban J connectivity index is 1.44. The van der Waals surface area contributed by atoms with Gasteiger partial charge in [-0.3, -0.25) is 4.79 Å². The highest BCUT2D eigenvalue weighted by Gasteiger charge is 2.47. The molecule has 1 atom stereocenters. The zero-order chi connectivity index (χ0) is 16.0. The second-order valence-corrected chi connectivity index (χ2v) is 6.34. The minimum Gasteiger partial charge on any atom is -0.485 e. The van der Waals surface area contributed by atoms with Gasteiger partial charge in [-0.1, -0.05) is 17.3 Å². The lowest BCUT2D eigenvalue weighted by Gasteiger charge is -2.44. The lowest BCUT2D eigenvalue weighted by Crippen LogP contribution is -2.61. The molecule has 0 spiro atoms. The first-order chi connectivity index (χ1) is 11.0. The highest BCUT2D eigenvalue weighted by Crippen LogP contribution is 2.37. The number of ether oxygens (including phenoxy) is 2. The maximum absolute atomic E-state index is 12.8. The number of nitrogens with zero attached hydrogens (tertiary/aromatic N) is 2. The molecule has 2 aliphatic rings. The molecule has 4 rings (SSSR count). The SMILES string of the molecule is Cc1cc(C2CN(C(=O)C3(C)COc4ccccc4O3)C2)no1. The van der Waals surface area contributed by atoms with Gasteiger partial charge in [-0.25, -0.2) is 0 Å². The van der Waals surface area contributed by atoms with Crippen LogP contribution in [-0.2, 0) is 4.79 Å². The van der Waals surface area contributed by atoms with E-state index in [4.69, 9.17) is 14.0 Å². The molecule has 23 heavy (non-hydrogen) atoms. The maximum atomic E-state index is 12.8. The monoisotopic (exact) mass is 314 g/mol. The van der Waals surface area contributed by atoms with Crippen molar-refractivity contribution in [2.24, 2.45) is 0 Å². The molecule has 1 aromatic heterocycles. The minimum absolute atomic E-state index is 0.0523. The molecule has 0 aliphatic carbocycles. The third-order valence-electron chi connectivity index (χ3n) is 4.37. The Bertz CT molecular complexity index is 751. The molecule has 120 valence electrons. The van der Waals surface area contributed by atoms with Crippen LogP contribution >= 0.6 is 0 Å². The van der Waals surface area contributed by atoms with E-state index in [9.17, 15) is 4.79 Å². The molecule has 1 amide bonds. The largest absolute Gasteiger partial charge is 0.485 e. The molecule has 0 saturated carbocycles. The van der Waals surface area contributed by atoms with Gasteiger partial charge in [0.15, 0.2) is 11.5 Å². The standard InChI is InChI=1S/C17H18N2O4/c1-11-7-13(18-23-11)12-8-19(9-12)16(20)17(2)10-21-14-5-3-4-6-15(14)22-17/h3-7,12H,8-10H2,1-2H3. The number of benzene rings is 1. The van der Waals surface area contributed by atoms with Gasteiger partial charge in [0.2, 0.25) is 5.60 Å². The van der Waals surface area contributed by atoms with Crippen LogP contribution in [0.15, 0.2) is 34.9 Å². The van der Waals surface area contributed by atoms with E-state index in [2.05, 4.69) is 5.16 Å². The van der Waals surface area contributed by atoms with Crippen molar-refractivity contribution < 1.29 is 18.8 Å². The van der Waals surface area contributed by atoms with Gasteiger partial charge in [0.05, 0.1) is 5.69 Å². The average molecular weight is 314 g/mol. The minimum atomic E-state index is -0.987. The fraction of sp³-hybridized carbons (Fsp3) is 0.412. The number of rotatable bonds is 2. The molecular formula is C17H18N2O4. The molecule has 1 fully saturated rings. The zero-order valence-electron chi connectivity index (χ0n) is 13.1. The van der Waals surface area contributed by atoms with Crippen molar-refractivity contribution in [2.45, 2.75) is 25.4 Å². The number of aryl methyl sites for hydroxylation is 1. The molecule has 6 nitrogen and oxygen atoms in total. The molecule has 3 heterocycles. The van der Waals surface area contributed by atoms with Crippen LogP contribution in [0.4, 0.5) is 0 Å². The summed E-state index contributed by atoms with van der Waals surface area (Å²) in [6.07, 6.45) is 0. The maximum Gasteiger partial charge on any atom is 0.270 e. The van der Waals surface area contributed by atoms with Crippen LogP contribution in [0.2, 0.25) is 0 Å². The third kappa shape index (κ3) is 2.34. The summed E-state index contributed by atoms with van der Waals surface area (Å²) in [4.78, 5) is 14.6. The summed E-state index contributed by atoms with van der Waals surface area (Å²) in [5.41, 5.74) is -0.0816. The summed E-state index contributed by atoms with van der Waals surface area (Å²) in [5, 5.41) is 4.02. The van der Waals surface area contributed by atoms with Crippen LogP contribution in [0.1, 0.15) is 24.3 Å². The van der Waals surface area contributed by atoms with Gasteiger partial charge in [0.1, 0.15) is 12.4 Å². The van der Waals surface area contributed by atoms with Crippen LogP contribution in [0, 0.1) is 6.92 Å². The summed E-state index contributed by atoms with van der Waals surface area (Å²) in [5.74, 6) is 2.26. The summed E-state index contributed by atoms with van der Waals surface area (Å²) < 4.78 is 16.7. The quantitative estimate of drug-likeness (QED) is 0.850. The first-order valence-corrected chi connectivity index (χ1v) is 7.68. The number of amides is 1. The van der Waals surface area contributed by atoms with Gasteiger partial charge < -0.3 is 18.9 Å². The number of para-hydroxylation sites is 2. The van der Waals surface area contributed by atoms with Crippen molar-refractivity contribution >= 4 is 5.91 Å². The predicted molar refractivity (Wildman–Crippen MR) is 81.5 cm³/mol. The normalized spacial score (nSPS) is 23.5. The van der Waals surface area contributed by atoms with Crippen molar-refractivity contribution in [1.82, 2.24) is 10.1 Å². The van der Waals surface area contributed by atoms with Crippen LogP contribution in [0.25, 0.3) is 0 Å². The fourth-order valence-electron chi connectivity index (χ4n) is 2.99. The molecule has 0 radical (unpaired) electrons. The van der Waals surface area contributed by atoms with Gasteiger partial charge in [0.25, 0.3) is 5.91 Å². The summed E-state index contributed by atoms with van der Waals surface area (Å²) in [6.45, 7) is 5.12. The number of fused-ring (bicyclic) bond motifs is 1. The van der Waals surface area contributed by atoms with Gasteiger partial charge in [-0.15, -0.1) is 0 Å². The Morgan fingerprint density at radius 2 is 2.04 bits per heavy atom. The van der Waals surface area contributed by atoms with Crippen molar-refractivity contribution in [3.05, 3.63) is 41.8 Å². The van der Waals surface area contributed by atoms with E-state index in [1.54, 1.807) is 11.8 Å². The molecule has 0 N–H and O–H groups in total. The van der Waals surface area contributed by atoms with Crippen molar-refractivity contribution in [3.8, 4) is 11.5 Å². The lowest BCUT2D eigenvalue weighted by molar-refractivity contribution is -0.156. The highest BCUT2D eigenvalue weighted by atomic mass is 16.6. The molecule has 1 unspecified atom stereocenters. The van der Waals surface area contributed by atoms with E-state index in [0.29, 0.717) is 24.6 Å². The van der Waals surface area contributed by atoms with Crippen LogP contribution < -0.4 is 9.47 Å². The fourth-order valence-corrected chi connectivity index (χ4v) is 2.99. The number of likely N-dealkylation sites (tertiary alicyclic amines) is 1.